The van der Waals surface area contributed by atoms with E-state index in [1.165, 1.54) is 0 Å². The molecule has 31 heavy (non-hydrogen) atoms. The number of benzene rings is 2. The van der Waals surface area contributed by atoms with Crippen LogP contribution in [0, 0.1) is 0 Å². The first-order chi connectivity index (χ1) is 15.1. The highest BCUT2D eigenvalue weighted by Crippen LogP contribution is 2.33. The summed E-state index contributed by atoms with van der Waals surface area (Å²) in [5.41, 5.74) is 2.68. The van der Waals surface area contributed by atoms with Crippen LogP contribution in [-0.4, -0.2) is 55.5 Å². The number of carbonyl (C=O) groups excluding carboxylic acids is 3. The molecule has 0 aromatic heterocycles. The summed E-state index contributed by atoms with van der Waals surface area (Å²) in [6.07, 6.45) is 2.29. The van der Waals surface area contributed by atoms with E-state index in [0.717, 1.165) is 18.4 Å². The molecule has 1 fully saturated rings. The number of methoxy groups -OCH3 is 1. The van der Waals surface area contributed by atoms with Gasteiger partial charge in [-0.2, -0.15) is 0 Å². The molecule has 1 atom stereocenters. The maximum atomic E-state index is 13.3. The second-order valence-corrected chi connectivity index (χ2v) is 7.90. The molecule has 7 nitrogen and oxygen atoms in total. The number of anilines is 1. The van der Waals surface area contributed by atoms with Crippen molar-refractivity contribution in [2.75, 3.05) is 31.7 Å². The zero-order chi connectivity index (χ0) is 21.8. The summed E-state index contributed by atoms with van der Waals surface area (Å²) in [6, 6.07) is 14.1. The molecule has 0 saturated carbocycles. The highest BCUT2D eigenvalue weighted by Gasteiger charge is 2.41. The second kappa shape index (κ2) is 9.31. The van der Waals surface area contributed by atoms with Gasteiger partial charge in [0, 0.05) is 32.4 Å². The number of hydrogen-bond donors (Lipinski definition) is 1. The Morgan fingerprint density at radius 2 is 1.90 bits per heavy atom. The van der Waals surface area contributed by atoms with Crippen LogP contribution in [0.1, 0.15) is 45.5 Å². The molecule has 2 aromatic carbocycles. The van der Waals surface area contributed by atoms with Crippen LogP contribution in [0.4, 0.5) is 5.69 Å². The monoisotopic (exact) mass is 421 g/mol. The van der Waals surface area contributed by atoms with Gasteiger partial charge in [-0.15, -0.1) is 0 Å². The van der Waals surface area contributed by atoms with Gasteiger partial charge in [0.25, 0.3) is 11.8 Å². The Balaban J connectivity index is 1.53. The molecule has 7 heteroatoms. The molecule has 1 unspecified atom stereocenters. The molecule has 4 rings (SSSR count). The first-order valence-corrected chi connectivity index (χ1v) is 10.7. The lowest BCUT2D eigenvalue weighted by molar-refractivity contribution is -0.122. The normalized spacial score (nSPS) is 17.9. The van der Waals surface area contributed by atoms with E-state index in [1.807, 2.05) is 30.3 Å². The SMILES string of the molecule is COCCCNC(=O)c1ccc(CN2C(=O)C3CCCN3C(=O)c3ccccc32)cc1. The van der Waals surface area contributed by atoms with Crippen LogP contribution in [0.2, 0.25) is 0 Å². The van der Waals surface area contributed by atoms with Crippen molar-refractivity contribution in [1.82, 2.24) is 10.2 Å². The van der Waals surface area contributed by atoms with Gasteiger partial charge < -0.3 is 19.9 Å². The van der Waals surface area contributed by atoms with Crippen LogP contribution >= 0.6 is 0 Å². The topological polar surface area (TPSA) is 79.0 Å². The van der Waals surface area contributed by atoms with E-state index in [2.05, 4.69) is 5.32 Å². The first-order valence-electron chi connectivity index (χ1n) is 10.7. The Labute approximate surface area is 182 Å². The Morgan fingerprint density at radius 3 is 2.68 bits per heavy atom. The van der Waals surface area contributed by atoms with E-state index in [-0.39, 0.29) is 17.7 Å². The number of nitrogens with one attached hydrogen (secondary N) is 1. The second-order valence-electron chi connectivity index (χ2n) is 7.90. The highest BCUT2D eigenvalue weighted by atomic mass is 16.5. The van der Waals surface area contributed by atoms with E-state index >= 15 is 0 Å². The number of carbonyl (C=O) groups is 3. The molecule has 1 saturated heterocycles. The molecule has 0 aliphatic carbocycles. The molecule has 1 N–H and O–H groups in total. The van der Waals surface area contributed by atoms with Crippen molar-refractivity contribution in [2.45, 2.75) is 31.8 Å². The lowest BCUT2D eigenvalue weighted by atomic mass is 10.1. The number of nitrogens with zero attached hydrogens (tertiary/aromatic N) is 2. The van der Waals surface area contributed by atoms with Crippen molar-refractivity contribution in [2.24, 2.45) is 0 Å². The fourth-order valence-corrected chi connectivity index (χ4v) is 4.24. The minimum Gasteiger partial charge on any atom is -0.385 e. The molecule has 0 bridgehead atoms. The lowest BCUT2D eigenvalue weighted by Gasteiger charge is -2.26. The maximum absolute atomic E-state index is 13.3. The molecule has 0 spiro atoms. The van der Waals surface area contributed by atoms with Gasteiger partial charge in [0.05, 0.1) is 17.8 Å². The Bertz CT molecular complexity index is 973. The maximum Gasteiger partial charge on any atom is 0.256 e. The van der Waals surface area contributed by atoms with Crippen LogP contribution < -0.4 is 10.2 Å². The van der Waals surface area contributed by atoms with Crippen LogP contribution in [0.15, 0.2) is 48.5 Å². The summed E-state index contributed by atoms with van der Waals surface area (Å²) < 4.78 is 4.99. The summed E-state index contributed by atoms with van der Waals surface area (Å²) in [6.45, 7) is 2.12. The van der Waals surface area contributed by atoms with E-state index in [9.17, 15) is 14.4 Å². The van der Waals surface area contributed by atoms with Gasteiger partial charge in [-0.05, 0) is 49.1 Å². The average molecular weight is 421 g/mol. The van der Waals surface area contributed by atoms with Crippen LogP contribution in [0.5, 0.6) is 0 Å². The van der Waals surface area contributed by atoms with Gasteiger partial charge in [0.1, 0.15) is 6.04 Å². The molecule has 0 radical (unpaired) electrons. The Hall–Kier alpha value is -3.19. The summed E-state index contributed by atoms with van der Waals surface area (Å²) in [5, 5.41) is 2.87. The van der Waals surface area contributed by atoms with Crippen molar-refractivity contribution in [3.8, 4) is 0 Å². The Kier molecular flexibility index (Phi) is 6.32. The van der Waals surface area contributed by atoms with Gasteiger partial charge in [-0.3, -0.25) is 14.4 Å². The first kappa shape index (κ1) is 21.1. The van der Waals surface area contributed by atoms with Crippen LogP contribution in [0.25, 0.3) is 0 Å². The van der Waals surface area contributed by atoms with Gasteiger partial charge in [-0.1, -0.05) is 24.3 Å². The molecule has 162 valence electrons. The molecular formula is C24H27N3O4. The summed E-state index contributed by atoms with van der Waals surface area (Å²) in [5.74, 6) is -0.253. The van der Waals surface area contributed by atoms with Gasteiger partial charge in [-0.25, -0.2) is 0 Å². The summed E-state index contributed by atoms with van der Waals surface area (Å²) >= 11 is 0. The third-order valence-electron chi connectivity index (χ3n) is 5.86. The zero-order valence-corrected chi connectivity index (χ0v) is 17.7. The minimum absolute atomic E-state index is 0.0456. The predicted octanol–water partition coefficient (Wildman–Crippen LogP) is 2.60. The van der Waals surface area contributed by atoms with E-state index < -0.39 is 6.04 Å². The molecule has 2 aromatic rings. The largest absolute Gasteiger partial charge is 0.385 e. The third-order valence-corrected chi connectivity index (χ3v) is 5.86. The molecule has 3 amide bonds. The van der Waals surface area contributed by atoms with Crippen molar-refractivity contribution >= 4 is 23.4 Å². The molecular weight excluding hydrogens is 394 g/mol. The average Bonchev–Trinajstić information content (AvgIpc) is 3.27. The summed E-state index contributed by atoms with van der Waals surface area (Å²) in [7, 11) is 1.63. The number of para-hydroxylation sites is 1. The number of ether oxygens (including phenoxy) is 1. The fourth-order valence-electron chi connectivity index (χ4n) is 4.24. The van der Waals surface area contributed by atoms with Crippen LogP contribution in [-0.2, 0) is 16.1 Å². The minimum atomic E-state index is -0.406. The number of rotatable bonds is 7. The smallest absolute Gasteiger partial charge is 0.256 e. The van der Waals surface area contributed by atoms with Gasteiger partial charge >= 0.3 is 0 Å². The van der Waals surface area contributed by atoms with Crippen molar-refractivity contribution < 1.29 is 19.1 Å². The number of fused-ring (bicyclic) bond motifs is 2. The van der Waals surface area contributed by atoms with Crippen molar-refractivity contribution in [3.63, 3.8) is 0 Å². The predicted molar refractivity (Wildman–Crippen MR) is 117 cm³/mol. The van der Waals surface area contributed by atoms with Crippen molar-refractivity contribution in [1.29, 1.82) is 0 Å². The number of hydrogen-bond acceptors (Lipinski definition) is 4. The standard InChI is InChI=1S/C24H27N3O4/c1-31-15-5-13-25-22(28)18-11-9-17(10-12-18)16-27-20-7-3-2-6-19(20)23(29)26-14-4-8-21(26)24(27)30/h2-3,6-7,9-12,21H,4-5,8,13-16H2,1H3,(H,25,28). The van der Waals surface area contributed by atoms with E-state index in [4.69, 9.17) is 4.74 Å². The third kappa shape index (κ3) is 4.32. The van der Waals surface area contributed by atoms with Gasteiger partial charge in [0.2, 0.25) is 5.91 Å². The molecule has 2 heterocycles. The highest BCUT2D eigenvalue weighted by molar-refractivity contribution is 6.11. The summed E-state index contributed by atoms with van der Waals surface area (Å²) in [4.78, 5) is 42.0. The quantitative estimate of drug-likeness (QED) is 0.697. The van der Waals surface area contributed by atoms with E-state index in [0.29, 0.717) is 49.5 Å². The molecule has 2 aliphatic rings. The number of amides is 3. The lowest BCUT2D eigenvalue weighted by Crippen LogP contribution is -2.44. The van der Waals surface area contributed by atoms with Gasteiger partial charge in [0.15, 0.2) is 0 Å². The zero-order valence-electron chi connectivity index (χ0n) is 17.7. The van der Waals surface area contributed by atoms with E-state index in [1.54, 1.807) is 35.1 Å². The van der Waals surface area contributed by atoms with Crippen LogP contribution in [0.3, 0.4) is 0 Å². The van der Waals surface area contributed by atoms with Crippen molar-refractivity contribution in [3.05, 3.63) is 65.2 Å². The Morgan fingerprint density at radius 1 is 1.13 bits per heavy atom. The molecule has 2 aliphatic heterocycles. The fraction of sp³-hybridized carbons (Fsp3) is 0.375.